The van der Waals surface area contributed by atoms with Crippen LogP contribution in [-0.2, 0) is 0 Å². The monoisotopic (exact) mass is 291 g/mol. The molecule has 0 N–H and O–H groups in total. The van der Waals surface area contributed by atoms with Crippen molar-refractivity contribution in [2.45, 2.75) is 51.9 Å². The molecule has 4 heteroatoms. The van der Waals surface area contributed by atoms with E-state index in [1.807, 2.05) is 24.3 Å². The van der Waals surface area contributed by atoms with Crippen molar-refractivity contribution in [2.75, 3.05) is 0 Å². The Hall–Kier alpha value is -1.42. The van der Waals surface area contributed by atoms with E-state index in [1.165, 1.54) is 30.3 Å². The van der Waals surface area contributed by atoms with Crippen LogP contribution in [0.15, 0.2) is 29.1 Å². The van der Waals surface area contributed by atoms with Gasteiger partial charge in [0.05, 0.1) is 10.2 Å². The normalized spacial score (nSPS) is 11.1. The molecule has 0 bridgehead atoms. The Morgan fingerprint density at radius 3 is 2.60 bits per heavy atom. The van der Waals surface area contributed by atoms with E-state index < -0.39 is 0 Å². The first-order valence-corrected chi connectivity index (χ1v) is 8.19. The summed E-state index contributed by atoms with van der Waals surface area (Å²) in [5.74, 6) is -0.0667. The third-order valence-corrected chi connectivity index (χ3v) is 4.40. The van der Waals surface area contributed by atoms with E-state index in [9.17, 15) is 9.59 Å². The first kappa shape index (κ1) is 15.0. The molecular weight excluding hydrogens is 270 g/mol. The summed E-state index contributed by atoms with van der Waals surface area (Å²) in [5, 5.41) is 0. The van der Waals surface area contributed by atoms with Crippen LogP contribution < -0.4 is 4.87 Å². The van der Waals surface area contributed by atoms with Gasteiger partial charge in [-0.3, -0.25) is 9.59 Å². The summed E-state index contributed by atoms with van der Waals surface area (Å²) in [5.41, 5.74) is 0.749. The zero-order valence-corrected chi connectivity index (χ0v) is 12.7. The van der Waals surface area contributed by atoms with E-state index in [0.717, 1.165) is 34.4 Å². The standard InChI is InChI=1S/C16H21NO2S/c1-2-3-4-5-6-7-12-15(18)17-13-10-8-9-11-14(13)20-16(17)19/h8-11H,2-7,12H2,1H3. The Balaban J connectivity index is 1.94. The molecule has 20 heavy (non-hydrogen) atoms. The molecule has 2 rings (SSSR count). The summed E-state index contributed by atoms with van der Waals surface area (Å²) >= 11 is 1.14. The smallest absolute Gasteiger partial charge is 0.274 e. The van der Waals surface area contributed by atoms with Gasteiger partial charge in [0.2, 0.25) is 5.91 Å². The fraction of sp³-hybridized carbons (Fsp3) is 0.500. The van der Waals surface area contributed by atoms with Crippen LogP contribution in [0.2, 0.25) is 0 Å². The largest absolute Gasteiger partial charge is 0.314 e. The van der Waals surface area contributed by atoms with Crippen molar-refractivity contribution in [3.8, 4) is 0 Å². The van der Waals surface area contributed by atoms with Crippen molar-refractivity contribution in [1.29, 1.82) is 0 Å². The number of benzene rings is 1. The van der Waals surface area contributed by atoms with Crippen molar-refractivity contribution in [2.24, 2.45) is 0 Å². The average Bonchev–Trinajstić information content (AvgIpc) is 2.78. The number of carbonyl (C=O) groups excluding carboxylic acids is 1. The van der Waals surface area contributed by atoms with E-state index in [4.69, 9.17) is 0 Å². The lowest BCUT2D eigenvalue weighted by molar-refractivity contribution is 0.0902. The number of fused-ring (bicyclic) bond motifs is 1. The van der Waals surface area contributed by atoms with Crippen LogP contribution in [0.25, 0.3) is 10.2 Å². The Morgan fingerprint density at radius 1 is 1.10 bits per heavy atom. The highest BCUT2D eigenvalue weighted by Crippen LogP contribution is 2.17. The molecule has 0 fully saturated rings. The molecule has 2 aromatic rings. The number of thiazole rings is 1. The lowest BCUT2D eigenvalue weighted by atomic mass is 10.1. The van der Waals surface area contributed by atoms with Crippen LogP contribution in [0, 0.1) is 0 Å². The van der Waals surface area contributed by atoms with E-state index in [2.05, 4.69) is 6.92 Å². The Bertz CT molecular complexity index is 627. The molecule has 0 atom stereocenters. The van der Waals surface area contributed by atoms with E-state index >= 15 is 0 Å². The van der Waals surface area contributed by atoms with Gasteiger partial charge in [-0.2, -0.15) is 0 Å². The Labute approximate surface area is 123 Å². The van der Waals surface area contributed by atoms with Crippen molar-refractivity contribution in [3.63, 3.8) is 0 Å². The molecule has 1 aromatic heterocycles. The first-order valence-electron chi connectivity index (χ1n) is 7.38. The second kappa shape index (κ2) is 7.39. The van der Waals surface area contributed by atoms with Crippen molar-refractivity contribution >= 4 is 27.5 Å². The van der Waals surface area contributed by atoms with Gasteiger partial charge >= 0.3 is 4.87 Å². The molecule has 0 spiro atoms. The van der Waals surface area contributed by atoms with Gasteiger partial charge in [-0.1, -0.05) is 62.5 Å². The summed E-state index contributed by atoms with van der Waals surface area (Å²) in [6.45, 7) is 2.19. The minimum Gasteiger partial charge on any atom is -0.274 e. The predicted molar refractivity (Wildman–Crippen MR) is 84.7 cm³/mol. The molecule has 0 amide bonds. The molecule has 3 nitrogen and oxygen atoms in total. The number of rotatable bonds is 7. The Morgan fingerprint density at radius 2 is 1.80 bits per heavy atom. The summed E-state index contributed by atoms with van der Waals surface area (Å²) in [4.78, 5) is 23.9. The van der Waals surface area contributed by atoms with Crippen LogP contribution >= 0.6 is 11.3 Å². The van der Waals surface area contributed by atoms with Gasteiger partial charge < -0.3 is 0 Å². The number of nitrogens with zero attached hydrogens (tertiary/aromatic N) is 1. The lowest BCUT2D eigenvalue weighted by Crippen LogP contribution is -2.21. The molecule has 1 aromatic carbocycles. The summed E-state index contributed by atoms with van der Waals surface area (Å²) < 4.78 is 2.22. The second-order valence-electron chi connectivity index (χ2n) is 5.08. The maximum absolute atomic E-state index is 12.2. The van der Waals surface area contributed by atoms with Crippen LogP contribution in [0.4, 0.5) is 0 Å². The van der Waals surface area contributed by atoms with Gasteiger partial charge in [-0.25, -0.2) is 4.57 Å². The molecule has 0 saturated carbocycles. The summed E-state index contributed by atoms with van der Waals surface area (Å²) in [6, 6.07) is 7.48. The van der Waals surface area contributed by atoms with E-state index in [0.29, 0.717) is 6.42 Å². The lowest BCUT2D eigenvalue weighted by Gasteiger charge is -2.03. The molecule has 0 aliphatic heterocycles. The molecule has 0 aliphatic rings. The number of aromatic nitrogens is 1. The maximum Gasteiger partial charge on any atom is 0.314 e. The zero-order chi connectivity index (χ0) is 14.4. The SMILES string of the molecule is CCCCCCCCC(=O)n1c(=O)sc2ccccc21. The fourth-order valence-electron chi connectivity index (χ4n) is 2.37. The quantitative estimate of drug-likeness (QED) is 0.707. The van der Waals surface area contributed by atoms with Crippen molar-refractivity contribution in [3.05, 3.63) is 33.9 Å². The van der Waals surface area contributed by atoms with Crippen LogP contribution in [0.1, 0.15) is 56.7 Å². The van der Waals surface area contributed by atoms with Gasteiger partial charge in [0.1, 0.15) is 0 Å². The molecule has 0 aliphatic carbocycles. The number of unbranched alkanes of at least 4 members (excludes halogenated alkanes) is 5. The molecule has 1 heterocycles. The fourth-order valence-corrected chi connectivity index (χ4v) is 3.26. The van der Waals surface area contributed by atoms with Gasteiger partial charge in [0, 0.05) is 6.42 Å². The first-order chi connectivity index (χ1) is 9.74. The topological polar surface area (TPSA) is 39.1 Å². The molecule has 0 radical (unpaired) electrons. The van der Waals surface area contributed by atoms with Crippen LogP contribution in [0.5, 0.6) is 0 Å². The maximum atomic E-state index is 12.2. The summed E-state index contributed by atoms with van der Waals surface area (Å²) in [6.07, 6.45) is 7.33. The second-order valence-corrected chi connectivity index (χ2v) is 6.08. The molecule has 0 saturated heterocycles. The minimum absolute atomic E-state index is 0.0667. The van der Waals surface area contributed by atoms with E-state index in [1.54, 1.807) is 0 Å². The molecular formula is C16H21NO2S. The van der Waals surface area contributed by atoms with Gasteiger partial charge in [-0.15, -0.1) is 0 Å². The third-order valence-electron chi connectivity index (χ3n) is 3.48. The van der Waals surface area contributed by atoms with Gasteiger partial charge in [-0.05, 0) is 18.6 Å². The van der Waals surface area contributed by atoms with Crippen LogP contribution in [-0.4, -0.2) is 10.5 Å². The van der Waals surface area contributed by atoms with Crippen LogP contribution in [0.3, 0.4) is 0 Å². The number of hydrogen-bond donors (Lipinski definition) is 0. The average molecular weight is 291 g/mol. The number of para-hydroxylation sites is 1. The minimum atomic E-state index is -0.165. The van der Waals surface area contributed by atoms with Crippen molar-refractivity contribution < 1.29 is 4.79 Å². The predicted octanol–water partition coefficient (Wildman–Crippen LogP) is 4.45. The third kappa shape index (κ3) is 3.57. The molecule has 0 unspecified atom stereocenters. The highest BCUT2D eigenvalue weighted by atomic mass is 32.1. The highest BCUT2D eigenvalue weighted by molar-refractivity contribution is 7.16. The number of hydrogen-bond acceptors (Lipinski definition) is 3. The van der Waals surface area contributed by atoms with E-state index in [-0.39, 0.29) is 10.8 Å². The highest BCUT2D eigenvalue weighted by Gasteiger charge is 2.13. The van der Waals surface area contributed by atoms with Crippen molar-refractivity contribution in [1.82, 2.24) is 4.57 Å². The summed E-state index contributed by atoms with van der Waals surface area (Å²) in [7, 11) is 0. The Kier molecular flexibility index (Phi) is 5.53. The van der Waals surface area contributed by atoms with Gasteiger partial charge in [0.15, 0.2) is 0 Å². The molecule has 108 valence electrons. The number of carbonyl (C=O) groups is 1. The zero-order valence-electron chi connectivity index (χ0n) is 11.9. The van der Waals surface area contributed by atoms with Gasteiger partial charge in [0.25, 0.3) is 0 Å².